The lowest BCUT2D eigenvalue weighted by Crippen LogP contribution is -2.00. The Morgan fingerprint density at radius 2 is 2.33 bits per heavy atom. The Morgan fingerprint density at radius 3 is 2.94 bits per heavy atom. The predicted molar refractivity (Wildman–Crippen MR) is 71.7 cm³/mol. The van der Waals surface area contributed by atoms with Crippen molar-refractivity contribution in [1.82, 2.24) is 4.98 Å². The van der Waals surface area contributed by atoms with Gasteiger partial charge in [-0.25, -0.2) is 0 Å². The third-order valence-corrected chi connectivity index (χ3v) is 3.35. The Morgan fingerprint density at radius 1 is 1.50 bits per heavy atom. The van der Waals surface area contributed by atoms with Crippen LogP contribution in [0.5, 0.6) is 5.75 Å². The average molecular weight is 257 g/mol. The maximum Gasteiger partial charge on any atom is 0.138 e. The first-order valence-corrected chi connectivity index (χ1v) is 6.08. The van der Waals surface area contributed by atoms with Crippen LogP contribution >= 0.6 is 11.3 Å². The molecule has 18 heavy (non-hydrogen) atoms. The van der Waals surface area contributed by atoms with Gasteiger partial charge in [0.05, 0.1) is 23.3 Å². The van der Waals surface area contributed by atoms with E-state index in [4.69, 9.17) is 10.5 Å². The first kappa shape index (κ1) is 12.1. The molecule has 2 N–H and O–H groups in total. The second kappa shape index (κ2) is 5.34. The van der Waals surface area contributed by atoms with Crippen LogP contribution in [0.25, 0.3) is 11.3 Å². The van der Waals surface area contributed by atoms with Crippen LogP contribution < -0.4 is 10.5 Å². The van der Waals surface area contributed by atoms with E-state index in [1.54, 1.807) is 31.6 Å². The van der Waals surface area contributed by atoms with Crippen molar-refractivity contribution in [3.63, 3.8) is 0 Å². The molecular weight excluding hydrogens is 246 g/mol. The van der Waals surface area contributed by atoms with Crippen molar-refractivity contribution in [3.8, 4) is 11.8 Å². The molecule has 2 aromatic rings. The molecule has 2 rings (SSSR count). The maximum absolute atomic E-state index is 9.26. The van der Waals surface area contributed by atoms with Gasteiger partial charge in [-0.15, -0.1) is 11.3 Å². The van der Waals surface area contributed by atoms with Crippen LogP contribution in [0.1, 0.15) is 10.4 Å². The lowest BCUT2D eigenvalue weighted by molar-refractivity contribution is 0.415. The third kappa shape index (κ3) is 2.19. The summed E-state index contributed by atoms with van der Waals surface area (Å²) in [6, 6.07) is 7.52. The number of hydrogen-bond donors (Lipinski definition) is 1. The van der Waals surface area contributed by atoms with Crippen LogP contribution in [0, 0.1) is 11.3 Å². The van der Waals surface area contributed by atoms with Gasteiger partial charge in [0.15, 0.2) is 0 Å². The average Bonchev–Trinajstić information content (AvgIpc) is 2.89. The highest BCUT2D eigenvalue weighted by Gasteiger charge is 2.13. The van der Waals surface area contributed by atoms with Crippen molar-refractivity contribution >= 4 is 22.6 Å². The molecule has 2 heterocycles. The number of pyridine rings is 1. The van der Waals surface area contributed by atoms with Crippen molar-refractivity contribution in [1.29, 1.82) is 5.26 Å². The molecule has 0 amide bonds. The second-order valence-electron chi connectivity index (χ2n) is 3.46. The van der Waals surface area contributed by atoms with Crippen molar-refractivity contribution in [2.45, 2.75) is 0 Å². The van der Waals surface area contributed by atoms with Gasteiger partial charge in [-0.1, -0.05) is 6.07 Å². The molecular formula is C13H11N3OS. The number of hydrogen-bond acceptors (Lipinski definition) is 5. The van der Waals surface area contributed by atoms with Gasteiger partial charge in [0.1, 0.15) is 11.8 Å². The summed E-state index contributed by atoms with van der Waals surface area (Å²) in [6.07, 6.45) is 3.27. The predicted octanol–water partition coefficient (Wildman–Crippen LogP) is 2.50. The summed E-state index contributed by atoms with van der Waals surface area (Å²) in [5, 5.41) is 11.1. The van der Waals surface area contributed by atoms with E-state index in [1.165, 1.54) is 11.3 Å². The fraction of sp³-hybridized carbons (Fsp3) is 0.0769. The standard InChI is InChI=1S/C13H11N3OS/c1-17-11-4-6-18-13(11)12(15)10(7-14)9-3-2-5-16-8-9/h2-6,8H,15H2,1H3/b12-10+. The minimum atomic E-state index is 0.406. The minimum absolute atomic E-state index is 0.406. The molecule has 0 aromatic carbocycles. The Hall–Kier alpha value is -2.32. The van der Waals surface area contributed by atoms with Gasteiger partial charge >= 0.3 is 0 Å². The molecule has 4 nitrogen and oxygen atoms in total. The fourth-order valence-electron chi connectivity index (χ4n) is 1.56. The molecule has 5 heteroatoms. The van der Waals surface area contributed by atoms with Gasteiger partial charge < -0.3 is 10.5 Å². The molecule has 0 fully saturated rings. The van der Waals surface area contributed by atoms with Crippen LogP contribution in [-0.4, -0.2) is 12.1 Å². The number of ether oxygens (including phenoxy) is 1. The van der Waals surface area contributed by atoms with Gasteiger partial charge in [-0.05, 0) is 17.5 Å². The van der Waals surface area contributed by atoms with E-state index in [9.17, 15) is 5.26 Å². The first-order chi connectivity index (χ1) is 8.77. The van der Waals surface area contributed by atoms with Gasteiger partial charge in [0, 0.05) is 18.0 Å². The van der Waals surface area contributed by atoms with Gasteiger partial charge in [-0.2, -0.15) is 5.26 Å². The van der Waals surface area contributed by atoms with Crippen molar-refractivity contribution < 1.29 is 4.74 Å². The summed E-state index contributed by atoms with van der Waals surface area (Å²) >= 11 is 1.44. The van der Waals surface area contributed by atoms with E-state index in [0.29, 0.717) is 22.6 Å². The summed E-state index contributed by atoms with van der Waals surface area (Å²) in [4.78, 5) is 4.75. The molecule has 0 saturated heterocycles. The zero-order chi connectivity index (χ0) is 13.0. The van der Waals surface area contributed by atoms with Crippen LogP contribution in [-0.2, 0) is 0 Å². The quantitative estimate of drug-likeness (QED) is 0.857. The molecule has 0 bridgehead atoms. The zero-order valence-corrected chi connectivity index (χ0v) is 10.6. The number of allylic oxidation sites excluding steroid dienone is 1. The minimum Gasteiger partial charge on any atom is -0.495 e. The largest absolute Gasteiger partial charge is 0.495 e. The molecule has 0 aliphatic heterocycles. The molecule has 0 aliphatic rings. The zero-order valence-electron chi connectivity index (χ0n) is 9.75. The third-order valence-electron chi connectivity index (χ3n) is 2.42. The van der Waals surface area contributed by atoms with Gasteiger partial charge in [0.25, 0.3) is 0 Å². The summed E-state index contributed by atoms with van der Waals surface area (Å²) in [5.41, 5.74) is 7.58. The molecule has 0 saturated carbocycles. The lowest BCUT2D eigenvalue weighted by Gasteiger charge is -2.06. The van der Waals surface area contributed by atoms with E-state index in [0.717, 1.165) is 4.88 Å². The maximum atomic E-state index is 9.26. The molecule has 0 unspecified atom stereocenters. The van der Waals surface area contributed by atoms with Crippen molar-refractivity contribution in [2.24, 2.45) is 5.73 Å². The van der Waals surface area contributed by atoms with E-state index < -0.39 is 0 Å². The Bertz CT molecular complexity index is 611. The first-order valence-electron chi connectivity index (χ1n) is 5.20. The topological polar surface area (TPSA) is 71.9 Å². The van der Waals surface area contributed by atoms with Crippen LogP contribution in [0.15, 0.2) is 36.0 Å². The summed E-state index contributed by atoms with van der Waals surface area (Å²) in [5.74, 6) is 0.675. The fourth-order valence-corrected chi connectivity index (χ4v) is 2.38. The van der Waals surface area contributed by atoms with Crippen molar-refractivity contribution in [2.75, 3.05) is 7.11 Å². The summed E-state index contributed by atoms with van der Waals surface area (Å²) < 4.78 is 5.21. The van der Waals surface area contributed by atoms with Crippen LogP contribution in [0.2, 0.25) is 0 Å². The van der Waals surface area contributed by atoms with Crippen molar-refractivity contribution in [3.05, 3.63) is 46.4 Å². The Kier molecular flexibility index (Phi) is 3.60. The monoisotopic (exact) mass is 257 g/mol. The molecule has 0 spiro atoms. The highest BCUT2D eigenvalue weighted by molar-refractivity contribution is 7.11. The number of methoxy groups -OCH3 is 1. The number of rotatable bonds is 3. The number of nitriles is 1. The summed E-state index contributed by atoms with van der Waals surface area (Å²) in [7, 11) is 1.58. The summed E-state index contributed by atoms with van der Waals surface area (Å²) in [6.45, 7) is 0. The molecule has 0 aliphatic carbocycles. The van der Waals surface area contributed by atoms with E-state index >= 15 is 0 Å². The SMILES string of the molecule is COc1ccsc1/C(N)=C(/C#N)c1cccnc1. The van der Waals surface area contributed by atoms with E-state index in [1.807, 2.05) is 11.4 Å². The van der Waals surface area contributed by atoms with E-state index in [-0.39, 0.29) is 0 Å². The van der Waals surface area contributed by atoms with Gasteiger partial charge in [-0.3, -0.25) is 4.98 Å². The Labute approximate surface area is 109 Å². The van der Waals surface area contributed by atoms with Crippen LogP contribution in [0.3, 0.4) is 0 Å². The smallest absolute Gasteiger partial charge is 0.138 e. The van der Waals surface area contributed by atoms with Gasteiger partial charge in [0.2, 0.25) is 0 Å². The molecule has 90 valence electrons. The van der Waals surface area contributed by atoms with E-state index in [2.05, 4.69) is 11.1 Å². The normalized spacial score (nSPS) is 11.6. The van der Waals surface area contributed by atoms with Crippen LogP contribution in [0.4, 0.5) is 0 Å². The second-order valence-corrected chi connectivity index (χ2v) is 4.38. The molecule has 2 aromatic heterocycles. The number of nitrogens with zero attached hydrogens (tertiary/aromatic N) is 2. The number of aromatic nitrogens is 1. The molecule has 0 radical (unpaired) electrons. The Balaban J connectivity index is 2.55. The highest BCUT2D eigenvalue weighted by Crippen LogP contribution is 2.32. The molecule has 0 atom stereocenters. The lowest BCUT2D eigenvalue weighted by atomic mass is 10.1. The number of thiophene rings is 1. The number of nitrogens with two attached hydrogens (primary N) is 1. The highest BCUT2D eigenvalue weighted by atomic mass is 32.1.